The lowest BCUT2D eigenvalue weighted by atomic mass is 10.2. The van der Waals surface area contributed by atoms with Gasteiger partial charge in [-0.15, -0.1) is 0 Å². The van der Waals surface area contributed by atoms with E-state index >= 15 is 0 Å². The van der Waals surface area contributed by atoms with Crippen molar-refractivity contribution in [3.63, 3.8) is 0 Å². The van der Waals surface area contributed by atoms with Crippen LogP contribution in [0.4, 0.5) is 0 Å². The summed E-state index contributed by atoms with van der Waals surface area (Å²) in [6.45, 7) is 3.61. The summed E-state index contributed by atoms with van der Waals surface area (Å²) >= 11 is 0. The third kappa shape index (κ3) is 2.50. The Balaban J connectivity index is 2.51. The first-order valence-corrected chi connectivity index (χ1v) is 6.32. The van der Waals surface area contributed by atoms with Gasteiger partial charge in [-0.3, -0.25) is 13.9 Å². The zero-order chi connectivity index (χ0) is 10.8. The smallest absolute Gasteiger partial charge is 0.305 e. The van der Waals surface area contributed by atoms with Crippen LogP contribution in [-0.2, 0) is 9.53 Å². The Labute approximate surface area is 85.3 Å². The van der Waals surface area contributed by atoms with Crippen LogP contribution in [0.25, 0.3) is 0 Å². The SMILES string of the molecule is CCC(=O)OCC1C(C)=CCS1(O)O. The summed E-state index contributed by atoms with van der Waals surface area (Å²) < 4.78 is 24.1. The Morgan fingerprint density at radius 3 is 2.79 bits per heavy atom. The number of hydrogen-bond donors (Lipinski definition) is 2. The van der Waals surface area contributed by atoms with Crippen LogP contribution in [0, 0.1) is 0 Å². The van der Waals surface area contributed by atoms with Crippen molar-refractivity contribution in [2.75, 3.05) is 12.4 Å². The molecular weight excluding hydrogens is 204 g/mol. The number of rotatable bonds is 3. The molecule has 0 aromatic rings. The van der Waals surface area contributed by atoms with Gasteiger partial charge in [-0.25, -0.2) is 0 Å². The van der Waals surface area contributed by atoms with Crippen molar-refractivity contribution in [2.45, 2.75) is 25.5 Å². The van der Waals surface area contributed by atoms with Crippen LogP contribution in [-0.4, -0.2) is 32.7 Å². The zero-order valence-electron chi connectivity index (χ0n) is 8.40. The first kappa shape index (κ1) is 11.6. The van der Waals surface area contributed by atoms with Crippen molar-refractivity contribution in [1.29, 1.82) is 0 Å². The van der Waals surface area contributed by atoms with E-state index in [4.69, 9.17) is 4.74 Å². The molecule has 1 aliphatic rings. The van der Waals surface area contributed by atoms with Gasteiger partial charge < -0.3 is 4.74 Å². The topological polar surface area (TPSA) is 66.8 Å². The van der Waals surface area contributed by atoms with Gasteiger partial charge in [0.05, 0.1) is 5.75 Å². The van der Waals surface area contributed by atoms with Crippen molar-refractivity contribution < 1.29 is 18.6 Å². The van der Waals surface area contributed by atoms with E-state index in [2.05, 4.69) is 0 Å². The molecule has 0 fully saturated rings. The van der Waals surface area contributed by atoms with Gasteiger partial charge in [0, 0.05) is 6.42 Å². The van der Waals surface area contributed by atoms with Gasteiger partial charge in [0.15, 0.2) is 0 Å². The van der Waals surface area contributed by atoms with E-state index in [9.17, 15) is 13.9 Å². The van der Waals surface area contributed by atoms with E-state index < -0.39 is 15.8 Å². The van der Waals surface area contributed by atoms with E-state index in [-0.39, 0.29) is 18.3 Å². The number of carbonyl (C=O) groups is 1. The fourth-order valence-corrected chi connectivity index (χ4v) is 3.03. The molecule has 0 bridgehead atoms. The molecule has 0 radical (unpaired) electrons. The normalized spacial score (nSPS) is 26.9. The van der Waals surface area contributed by atoms with Gasteiger partial charge in [0.2, 0.25) is 0 Å². The lowest BCUT2D eigenvalue weighted by Gasteiger charge is -2.34. The Hall–Kier alpha value is -0.520. The first-order valence-electron chi connectivity index (χ1n) is 4.54. The number of ether oxygens (including phenoxy) is 1. The average molecular weight is 220 g/mol. The molecule has 0 spiro atoms. The van der Waals surface area contributed by atoms with Crippen LogP contribution >= 0.6 is 10.6 Å². The molecule has 0 aliphatic carbocycles. The summed E-state index contributed by atoms with van der Waals surface area (Å²) in [6.07, 6.45) is 2.11. The third-order valence-corrected chi connectivity index (χ3v) is 4.37. The second-order valence-electron chi connectivity index (χ2n) is 3.36. The van der Waals surface area contributed by atoms with E-state index in [0.717, 1.165) is 5.57 Å². The summed E-state index contributed by atoms with van der Waals surface area (Å²) in [5.74, 6) is -0.0208. The Morgan fingerprint density at radius 2 is 2.36 bits per heavy atom. The Morgan fingerprint density at radius 1 is 1.71 bits per heavy atom. The van der Waals surface area contributed by atoms with Gasteiger partial charge in [-0.1, -0.05) is 18.6 Å². The molecule has 1 rings (SSSR count). The molecule has 5 heteroatoms. The lowest BCUT2D eigenvalue weighted by molar-refractivity contribution is -0.143. The quantitative estimate of drug-likeness (QED) is 0.564. The highest BCUT2D eigenvalue weighted by Gasteiger charge is 2.32. The van der Waals surface area contributed by atoms with E-state index in [1.54, 1.807) is 13.0 Å². The minimum Gasteiger partial charge on any atom is -0.463 e. The van der Waals surface area contributed by atoms with Crippen LogP contribution in [0.15, 0.2) is 11.6 Å². The van der Waals surface area contributed by atoms with Gasteiger partial charge >= 0.3 is 5.97 Å². The monoisotopic (exact) mass is 220 g/mol. The number of esters is 1. The highest BCUT2D eigenvalue weighted by Crippen LogP contribution is 2.51. The molecule has 1 atom stereocenters. The molecule has 2 N–H and O–H groups in total. The van der Waals surface area contributed by atoms with Gasteiger partial charge in [0.1, 0.15) is 11.9 Å². The molecule has 1 heterocycles. The van der Waals surface area contributed by atoms with Crippen molar-refractivity contribution in [2.24, 2.45) is 0 Å². The van der Waals surface area contributed by atoms with Crippen LogP contribution in [0.2, 0.25) is 0 Å². The fraction of sp³-hybridized carbons (Fsp3) is 0.667. The fourth-order valence-electron chi connectivity index (χ4n) is 1.31. The summed E-state index contributed by atoms with van der Waals surface area (Å²) in [4.78, 5) is 10.9. The minimum atomic E-state index is -2.61. The van der Waals surface area contributed by atoms with Gasteiger partial charge in [0.25, 0.3) is 0 Å². The Bertz CT molecular complexity index is 260. The van der Waals surface area contributed by atoms with E-state index in [0.29, 0.717) is 6.42 Å². The molecule has 82 valence electrons. The first-order chi connectivity index (χ1) is 6.47. The largest absolute Gasteiger partial charge is 0.463 e. The predicted molar refractivity (Wildman–Crippen MR) is 56.5 cm³/mol. The molecule has 1 unspecified atom stereocenters. The minimum absolute atomic E-state index is 0.0807. The number of hydrogen-bond acceptors (Lipinski definition) is 4. The summed E-state index contributed by atoms with van der Waals surface area (Å²) in [5, 5.41) is -0.405. The van der Waals surface area contributed by atoms with E-state index in [1.807, 2.05) is 6.92 Å². The van der Waals surface area contributed by atoms with Crippen LogP contribution in [0.1, 0.15) is 20.3 Å². The van der Waals surface area contributed by atoms with Crippen molar-refractivity contribution >= 4 is 16.6 Å². The van der Waals surface area contributed by atoms with Crippen LogP contribution in [0.3, 0.4) is 0 Å². The van der Waals surface area contributed by atoms with Gasteiger partial charge in [-0.05, 0) is 6.92 Å². The molecule has 0 saturated heterocycles. The highest BCUT2D eigenvalue weighted by molar-refractivity contribution is 8.25. The number of carbonyl (C=O) groups excluding carboxylic acids is 1. The molecule has 4 nitrogen and oxygen atoms in total. The highest BCUT2D eigenvalue weighted by atomic mass is 32.3. The maximum Gasteiger partial charge on any atom is 0.305 e. The molecule has 14 heavy (non-hydrogen) atoms. The van der Waals surface area contributed by atoms with E-state index in [1.165, 1.54) is 0 Å². The molecule has 1 aliphatic heterocycles. The maximum atomic E-state index is 10.9. The van der Waals surface area contributed by atoms with Crippen molar-refractivity contribution in [3.8, 4) is 0 Å². The Kier molecular flexibility index (Phi) is 3.58. The molecule has 0 amide bonds. The zero-order valence-corrected chi connectivity index (χ0v) is 9.21. The summed E-state index contributed by atoms with van der Waals surface area (Å²) in [6, 6.07) is 0. The summed E-state index contributed by atoms with van der Waals surface area (Å²) in [5.41, 5.74) is 0.897. The average Bonchev–Trinajstić information content (AvgIpc) is 2.38. The molecule has 0 saturated carbocycles. The van der Waals surface area contributed by atoms with Crippen LogP contribution < -0.4 is 0 Å². The molecule has 0 aromatic carbocycles. The second kappa shape index (κ2) is 4.33. The standard InChI is InChI=1S/C9H16O4S/c1-3-9(10)13-6-8-7(2)4-5-14(8,11)12/h4,8,11-12H,3,5-6H2,1-2H3. The predicted octanol–water partition coefficient (Wildman–Crippen LogP) is 2.02. The molecule has 0 aromatic heterocycles. The van der Waals surface area contributed by atoms with Crippen LogP contribution in [0.5, 0.6) is 0 Å². The summed E-state index contributed by atoms with van der Waals surface area (Å²) in [7, 11) is -2.61. The third-order valence-electron chi connectivity index (χ3n) is 2.30. The second-order valence-corrected chi connectivity index (χ2v) is 5.69. The maximum absolute atomic E-state index is 10.9. The van der Waals surface area contributed by atoms with Crippen molar-refractivity contribution in [1.82, 2.24) is 0 Å². The van der Waals surface area contributed by atoms with Crippen molar-refractivity contribution in [3.05, 3.63) is 11.6 Å². The molecular formula is C9H16O4S. The van der Waals surface area contributed by atoms with Gasteiger partial charge in [-0.2, -0.15) is 10.6 Å². The lowest BCUT2D eigenvalue weighted by Crippen LogP contribution is -2.23.